The number of hydrogen-bond acceptors (Lipinski definition) is 5. The minimum Gasteiger partial charge on any atom is -0.507 e. The number of esters is 1. The fourth-order valence-electron chi connectivity index (χ4n) is 4.24. The van der Waals surface area contributed by atoms with E-state index < -0.39 is 11.4 Å². The number of aromatic hydroxyl groups is 1. The van der Waals surface area contributed by atoms with Gasteiger partial charge in [-0.15, -0.1) is 0 Å². The van der Waals surface area contributed by atoms with E-state index in [0.29, 0.717) is 12.0 Å². The summed E-state index contributed by atoms with van der Waals surface area (Å²) in [6.07, 6.45) is 4.60. The van der Waals surface area contributed by atoms with E-state index in [1.807, 2.05) is 36.4 Å². The number of methoxy groups -OCH3 is 3. The number of hydrogen-bond donors (Lipinski definition) is 1. The second-order valence-electron chi connectivity index (χ2n) is 7.46. The van der Waals surface area contributed by atoms with Crippen molar-refractivity contribution in [2.75, 3.05) is 21.3 Å². The quantitative estimate of drug-likeness (QED) is 0.608. The topological polar surface area (TPSA) is 65.0 Å². The van der Waals surface area contributed by atoms with Gasteiger partial charge < -0.3 is 19.3 Å². The van der Waals surface area contributed by atoms with Gasteiger partial charge in [0.2, 0.25) is 0 Å². The maximum atomic E-state index is 12.3. The van der Waals surface area contributed by atoms with Gasteiger partial charge in [-0.2, -0.15) is 0 Å². The highest BCUT2D eigenvalue weighted by Crippen LogP contribution is 2.44. The predicted octanol–water partition coefficient (Wildman–Crippen LogP) is 4.75. The van der Waals surface area contributed by atoms with Gasteiger partial charge in [-0.25, -0.2) is 4.79 Å². The first-order valence-electron chi connectivity index (χ1n) is 9.94. The molecule has 0 unspecified atom stereocenters. The molecule has 0 aromatic heterocycles. The van der Waals surface area contributed by atoms with Crippen molar-refractivity contribution in [2.24, 2.45) is 0 Å². The molecule has 0 atom stereocenters. The van der Waals surface area contributed by atoms with Crippen molar-refractivity contribution in [1.82, 2.24) is 0 Å². The van der Waals surface area contributed by atoms with Crippen molar-refractivity contribution in [1.29, 1.82) is 0 Å². The first-order chi connectivity index (χ1) is 15.0. The van der Waals surface area contributed by atoms with Crippen molar-refractivity contribution < 1.29 is 24.1 Å². The van der Waals surface area contributed by atoms with E-state index in [0.717, 1.165) is 28.2 Å². The monoisotopic (exact) mass is 416 g/mol. The first-order valence-corrected chi connectivity index (χ1v) is 9.94. The van der Waals surface area contributed by atoms with E-state index >= 15 is 0 Å². The summed E-state index contributed by atoms with van der Waals surface area (Å²) >= 11 is 0. The van der Waals surface area contributed by atoms with E-state index in [9.17, 15) is 9.90 Å². The van der Waals surface area contributed by atoms with Crippen LogP contribution in [0.25, 0.3) is 6.08 Å². The highest BCUT2D eigenvalue weighted by Gasteiger charge is 2.36. The summed E-state index contributed by atoms with van der Waals surface area (Å²) < 4.78 is 15.6. The molecule has 1 aliphatic carbocycles. The minimum absolute atomic E-state index is 0.0864. The van der Waals surface area contributed by atoms with Crippen molar-refractivity contribution >= 4 is 12.0 Å². The summed E-state index contributed by atoms with van der Waals surface area (Å²) in [5, 5.41) is 10.3. The minimum atomic E-state index is -0.555. The van der Waals surface area contributed by atoms with Gasteiger partial charge in [0, 0.05) is 5.41 Å². The number of phenols is 1. The molecule has 0 amide bonds. The molecular weight excluding hydrogens is 392 g/mol. The van der Waals surface area contributed by atoms with Gasteiger partial charge in [0.15, 0.2) is 0 Å². The Hall–Kier alpha value is -3.73. The van der Waals surface area contributed by atoms with Crippen LogP contribution in [-0.2, 0) is 16.6 Å². The average Bonchev–Trinajstić information content (AvgIpc) is 2.83. The summed E-state index contributed by atoms with van der Waals surface area (Å²) in [6.45, 7) is 0. The number of phenolic OH excluding ortho intramolecular Hbond substituents is 1. The molecule has 1 aliphatic rings. The van der Waals surface area contributed by atoms with Gasteiger partial charge in [-0.05, 0) is 59.0 Å². The van der Waals surface area contributed by atoms with Crippen LogP contribution in [0.1, 0.15) is 32.6 Å². The highest BCUT2D eigenvalue weighted by molar-refractivity contribution is 5.97. The molecular formula is C26H24O5. The Kier molecular flexibility index (Phi) is 5.42. The van der Waals surface area contributed by atoms with E-state index in [1.54, 1.807) is 20.3 Å². The number of carbonyl (C=O) groups is 1. The zero-order valence-electron chi connectivity index (χ0n) is 17.7. The van der Waals surface area contributed by atoms with Gasteiger partial charge >= 0.3 is 5.97 Å². The Morgan fingerprint density at radius 2 is 1.39 bits per heavy atom. The Bertz CT molecular complexity index is 1080. The van der Waals surface area contributed by atoms with Gasteiger partial charge in [0.05, 0.1) is 21.3 Å². The van der Waals surface area contributed by atoms with Crippen LogP contribution in [-0.4, -0.2) is 32.4 Å². The Morgan fingerprint density at radius 3 is 1.87 bits per heavy atom. The molecule has 3 aromatic carbocycles. The maximum absolute atomic E-state index is 12.3. The lowest BCUT2D eigenvalue weighted by Gasteiger charge is -2.36. The molecule has 0 bridgehead atoms. The molecule has 0 aliphatic heterocycles. The molecule has 5 nitrogen and oxygen atoms in total. The van der Waals surface area contributed by atoms with E-state index in [4.69, 9.17) is 14.2 Å². The summed E-state index contributed by atoms with van der Waals surface area (Å²) in [5.74, 6) is 0.926. The summed E-state index contributed by atoms with van der Waals surface area (Å²) in [7, 11) is 4.60. The first kappa shape index (κ1) is 20.5. The molecule has 0 saturated heterocycles. The number of carbonyl (C=O) groups excluding carboxylic acids is 1. The zero-order valence-corrected chi connectivity index (χ0v) is 17.7. The molecule has 158 valence electrons. The van der Waals surface area contributed by atoms with Crippen molar-refractivity contribution in [2.45, 2.75) is 11.8 Å². The maximum Gasteiger partial charge on any atom is 0.342 e. The lowest BCUT2D eigenvalue weighted by atomic mass is 9.67. The van der Waals surface area contributed by atoms with Crippen LogP contribution in [0.3, 0.4) is 0 Å². The lowest BCUT2D eigenvalue weighted by Crippen LogP contribution is -2.31. The molecule has 5 heteroatoms. The molecule has 0 radical (unpaired) electrons. The molecule has 3 aromatic rings. The third-order valence-corrected chi connectivity index (χ3v) is 5.92. The van der Waals surface area contributed by atoms with Crippen molar-refractivity contribution in [3.63, 3.8) is 0 Å². The largest absolute Gasteiger partial charge is 0.507 e. The molecule has 4 rings (SSSR count). The fraction of sp³-hybridized carbons (Fsp3) is 0.192. The van der Waals surface area contributed by atoms with Crippen LogP contribution >= 0.6 is 0 Å². The second kappa shape index (κ2) is 8.19. The average molecular weight is 416 g/mol. The number of benzene rings is 3. The SMILES string of the molecule is COC(=O)c1c(O)ccc2c1C=CC(c1ccc(OC)cc1)(c1ccc(OC)cc1)C2. The van der Waals surface area contributed by atoms with Crippen LogP contribution in [0.5, 0.6) is 17.2 Å². The standard InChI is InChI=1S/C26H24O5/c1-29-20-9-5-18(6-10-20)26(19-7-11-21(30-2)12-8-19)15-14-22-17(16-26)4-13-23(27)24(22)25(28)31-3/h4-15,27H,16H2,1-3H3. The highest BCUT2D eigenvalue weighted by atomic mass is 16.5. The van der Waals surface area contributed by atoms with Crippen LogP contribution in [0.15, 0.2) is 66.7 Å². The normalized spacial score (nSPS) is 13.9. The van der Waals surface area contributed by atoms with Gasteiger partial charge in [0.25, 0.3) is 0 Å². The van der Waals surface area contributed by atoms with Gasteiger partial charge in [-0.1, -0.05) is 42.5 Å². The zero-order chi connectivity index (χ0) is 22.0. The molecule has 0 fully saturated rings. The van der Waals surface area contributed by atoms with Crippen LogP contribution in [0.2, 0.25) is 0 Å². The summed E-state index contributed by atoms with van der Waals surface area (Å²) in [6, 6.07) is 19.4. The number of allylic oxidation sites excluding steroid dienone is 1. The number of rotatable bonds is 5. The van der Waals surface area contributed by atoms with Crippen LogP contribution in [0, 0.1) is 0 Å². The number of ether oxygens (including phenoxy) is 3. The van der Waals surface area contributed by atoms with Crippen LogP contribution < -0.4 is 9.47 Å². The van der Waals surface area contributed by atoms with Gasteiger partial charge in [0.1, 0.15) is 22.8 Å². The Balaban J connectivity index is 1.89. The third kappa shape index (κ3) is 3.52. The summed E-state index contributed by atoms with van der Waals surface area (Å²) in [4.78, 5) is 12.3. The van der Waals surface area contributed by atoms with Crippen molar-refractivity contribution in [3.05, 3.63) is 94.6 Å². The van der Waals surface area contributed by atoms with E-state index in [1.165, 1.54) is 7.11 Å². The predicted molar refractivity (Wildman–Crippen MR) is 119 cm³/mol. The summed E-state index contributed by atoms with van der Waals surface area (Å²) in [5.41, 5.74) is 3.54. The Morgan fingerprint density at radius 1 is 0.839 bits per heavy atom. The lowest BCUT2D eigenvalue weighted by molar-refractivity contribution is 0.0597. The molecule has 31 heavy (non-hydrogen) atoms. The van der Waals surface area contributed by atoms with Crippen molar-refractivity contribution in [3.8, 4) is 17.2 Å². The Labute approximate surface area is 181 Å². The van der Waals surface area contributed by atoms with Crippen LogP contribution in [0.4, 0.5) is 0 Å². The molecule has 0 spiro atoms. The van der Waals surface area contributed by atoms with E-state index in [-0.39, 0.29) is 11.3 Å². The molecule has 0 saturated carbocycles. The smallest absolute Gasteiger partial charge is 0.342 e. The second-order valence-corrected chi connectivity index (χ2v) is 7.46. The van der Waals surface area contributed by atoms with E-state index in [2.05, 4.69) is 30.3 Å². The van der Waals surface area contributed by atoms with Gasteiger partial charge in [-0.3, -0.25) is 0 Å². The molecule has 1 N–H and O–H groups in total. The third-order valence-electron chi connectivity index (χ3n) is 5.92. The fourth-order valence-corrected chi connectivity index (χ4v) is 4.24. The molecule has 0 heterocycles. The number of fused-ring (bicyclic) bond motifs is 1.